The molecular weight excluding hydrogens is 414 g/mol. The summed E-state index contributed by atoms with van der Waals surface area (Å²) in [5, 5.41) is 4.52. The average Bonchev–Trinajstić information content (AvgIpc) is 3.32. The van der Waals surface area contributed by atoms with Gasteiger partial charge in [0.1, 0.15) is 0 Å². The van der Waals surface area contributed by atoms with Crippen LogP contribution in [0.25, 0.3) is 0 Å². The predicted molar refractivity (Wildman–Crippen MR) is 131 cm³/mol. The van der Waals surface area contributed by atoms with Crippen LogP contribution in [0.5, 0.6) is 0 Å². The van der Waals surface area contributed by atoms with Gasteiger partial charge in [-0.05, 0) is 80.4 Å². The summed E-state index contributed by atoms with van der Waals surface area (Å²) >= 11 is 5.94. The van der Waals surface area contributed by atoms with Gasteiger partial charge in [0, 0.05) is 42.6 Å². The van der Waals surface area contributed by atoms with Crippen LogP contribution in [0.2, 0.25) is 0 Å². The highest BCUT2D eigenvalue weighted by Gasteiger charge is 2.44. The largest absolute Gasteiger partial charge is 0.352 e. The first-order chi connectivity index (χ1) is 15.6. The molecule has 2 atom stereocenters. The van der Waals surface area contributed by atoms with E-state index in [1.165, 1.54) is 54.6 Å². The zero-order valence-corrected chi connectivity index (χ0v) is 19.7. The molecule has 1 saturated heterocycles. The molecule has 2 fully saturated rings. The number of hydrogen-bond donors (Lipinski definition) is 1. The first-order valence-electron chi connectivity index (χ1n) is 11.7. The van der Waals surface area contributed by atoms with Gasteiger partial charge in [0.2, 0.25) is 0 Å². The van der Waals surface area contributed by atoms with E-state index in [9.17, 15) is 0 Å². The molecule has 1 N–H and O–H groups in total. The lowest BCUT2D eigenvalue weighted by Crippen LogP contribution is -2.40. The van der Waals surface area contributed by atoms with Gasteiger partial charge < -0.3 is 14.8 Å². The summed E-state index contributed by atoms with van der Waals surface area (Å²) in [6, 6.07) is 13.4. The monoisotopic (exact) mass is 445 g/mol. The summed E-state index contributed by atoms with van der Waals surface area (Å²) in [5.74, 6) is 0. The third-order valence-electron chi connectivity index (χ3n) is 7.12. The maximum atomic E-state index is 5.94. The summed E-state index contributed by atoms with van der Waals surface area (Å²) < 4.78 is 2.42. The predicted octanol–water partition coefficient (Wildman–Crippen LogP) is 5.25. The minimum atomic E-state index is 0.0560. The summed E-state index contributed by atoms with van der Waals surface area (Å²) in [4.78, 5) is 11.4. The number of pyridine rings is 2. The van der Waals surface area contributed by atoms with Crippen LogP contribution < -0.4 is 5.32 Å². The van der Waals surface area contributed by atoms with Crippen molar-refractivity contribution in [2.24, 2.45) is 0 Å². The molecule has 0 bridgehead atoms. The highest BCUT2D eigenvalue weighted by molar-refractivity contribution is 7.80. The second-order valence-corrected chi connectivity index (χ2v) is 9.48. The quantitative estimate of drug-likeness (QED) is 0.544. The lowest BCUT2D eigenvalue weighted by atomic mass is 9.90. The SMILES string of the molecule is Cc1cc(C2C(c3ccccn3)NC(=S)N2C2CCCCC2)c(C)n1Cc1ccncc1. The lowest BCUT2D eigenvalue weighted by molar-refractivity contribution is 0.196. The maximum absolute atomic E-state index is 5.94. The van der Waals surface area contributed by atoms with E-state index in [0.717, 1.165) is 17.4 Å². The van der Waals surface area contributed by atoms with Crippen LogP contribution in [-0.2, 0) is 6.54 Å². The van der Waals surface area contributed by atoms with Crippen molar-refractivity contribution in [2.75, 3.05) is 0 Å². The van der Waals surface area contributed by atoms with E-state index in [4.69, 9.17) is 17.2 Å². The van der Waals surface area contributed by atoms with Crippen molar-refractivity contribution in [2.45, 2.75) is 70.6 Å². The fourth-order valence-electron chi connectivity index (χ4n) is 5.49. The number of nitrogens with zero attached hydrogens (tertiary/aromatic N) is 4. The Morgan fingerprint density at radius 3 is 2.53 bits per heavy atom. The molecule has 1 aliphatic carbocycles. The Labute approximate surface area is 195 Å². The molecule has 1 aliphatic heterocycles. The molecule has 3 aromatic heterocycles. The molecule has 2 unspecified atom stereocenters. The van der Waals surface area contributed by atoms with Crippen molar-refractivity contribution in [3.8, 4) is 0 Å². The lowest BCUT2D eigenvalue weighted by Gasteiger charge is -2.37. The fourth-order valence-corrected chi connectivity index (χ4v) is 5.88. The van der Waals surface area contributed by atoms with E-state index >= 15 is 0 Å². The van der Waals surface area contributed by atoms with Crippen molar-refractivity contribution in [3.63, 3.8) is 0 Å². The summed E-state index contributed by atoms with van der Waals surface area (Å²) in [6.45, 7) is 5.31. The zero-order valence-electron chi connectivity index (χ0n) is 18.9. The Balaban J connectivity index is 1.56. The molecule has 4 heterocycles. The zero-order chi connectivity index (χ0) is 22.1. The molecule has 5 nitrogen and oxygen atoms in total. The van der Waals surface area contributed by atoms with Crippen LogP contribution in [-0.4, -0.2) is 30.6 Å². The molecule has 0 amide bonds. The van der Waals surface area contributed by atoms with E-state index in [-0.39, 0.29) is 12.1 Å². The first kappa shape index (κ1) is 21.1. The van der Waals surface area contributed by atoms with E-state index in [0.29, 0.717) is 6.04 Å². The Morgan fingerprint density at radius 1 is 1.03 bits per heavy atom. The summed E-state index contributed by atoms with van der Waals surface area (Å²) in [5.41, 5.74) is 6.24. The van der Waals surface area contributed by atoms with Gasteiger partial charge in [-0.3, -0.25) is 9.97 Å². The molecule has 6 heteroatoms. The van der Waals surface area contributed by atoms with Crippen LogP contribution in [0, 0.1) is 13.8 Å². The third kappa shape index (κ3) is 3.92. The number of nitrogens with one attached hydrogen (secondary N) is 1. The van der Waals surface area contributed by atoms with Crippen molar-refractivity contribution in [1.82, 2.24) is 24.8 Å². The average molecular weight is 446 g/mol. The Hall–Kier alpha value is -2.73. The first-order valence-corrected chi connectivity index (χ1v) is 12.1. The van der Waals surface area contributed by atoms with Gasteiger partial charge in [0.05, 0.1) is 17.8 Å². The molecule has 0 spiro atoms. The number of hydrogen-bond acceptors (Lipinski definition) is 3. The Morgan fingerprint density at radius 2 is 1.81 bits per heavy atom. The van der Waals surface area contributed by atoms with Gasteiger partial charge in [0.25, 0.3) is 0 Å². The van der Waals surface area contributed by atoms with Crippen molar-refractivity contribution >= 4 is 17.3 Å². The molecule has 0 aromatic carbocycles. The molecule has 2 aliphatic rings. The van der Waals surface area contributed by atoms with Gasteiger partial charge in [-0.2, -0.15) is 0 Å². The standard InChI is InChI=1S/C26H31N5S/c1-18-16-22(19(2)30(18)17-20-11-14-27-15-12-20)25-24(23-10-6-7-13-28-23)29-26(32)31(25)21-8-4-3-5-9-21/h6-7,10-16,21,24-25H,3-5,8-9,17H2,1-2H3,(H,29,32). The molecule has 1 saturated carbocycles. The van der Waals surface area contributed by atoms with Crippen LogP contribution in [0.15, 0.2) is 55.0 Å². The normalized spacial score (nSPS) is 21.7. The van der Waals surface area contributed by atoms with Crippen molar-refractivity contribution in [1.29, 1.82) is 0 Å². The summed E-state index contributed by atoms with van der Waals surface area (Å²) in [6.07, 6.45) is 11.9. The van der Waals surface area contributed by atoms with E-state index in [1.807, 2.05) is 24.7 Å². The molecule has 5 rings (SSSR count). The molecule has 0 radical (unpaired) electrons. The topological polar surface area (TPSA) is 46.0 Å². The number of aromatic nitrogens is 3. The second-order valence-electron chi connectivity index (χ2n) is 9.09. The number of rotatable bonds is 5. The summed E-state index contributed by atoms with van der Waals surface area (Å²) in [7, 11) is 0. The van der Waals surface area contributed by atoms with Crippen LogP contribution in [0.3, 0.4) is 0 Å². The highest BCUT2D eigenvalue weighted by Crippen LogP contribution is 2.44. The second kappa shape index (κ2) is 9.02. The van der Waals surface area contributed by atoms with Gasteiger partial charge in [0.15, 0.2) is 5.11 Å². The number of aryl methyl sites for hydroxylation is 1. The van der Waals surface area contributed by atoms with Gasteiger partial charge in [-0.25, -0.2) is 0 Å². The highest BCUT2D eigenvalue weighted by atomic mass is 32.1. The van der Waals surface area contributed by atoms with Crippen LogP contribution in [0.4, 0.5) is 0 Å². The minimum Gasteiger partial charge on any atom is -0.352 e. The van der Waals surface area contributed by atoms with Gasteiger partial charge >= 0.3 is 0 Å². The molecule has 3 aromatic rings. The van der Waals surface area contributed by atoms with Crippen LogP contribution in [0.1, 0.15) is 72.4 Å². The van der Waals surface area contributed by atoms with Crippen molar-refractivity contribution < 1.29 is 0 Å². The molecule has 32 heavy (non-hydrogen) atoms. The van der Waals surface area contributed by atoms with Gasteiger partial charge in [-0.1, -0.05) is 25.3 Å². The smallest absolute Gasteiger partial charge is 0.170 e. The molecular formula is C26H31N5S. The van der Waals surface area contributed by atoms with Crippen molar-refractivity contribution in [3.05, 3.63) is 83.2 Å². The van der Waals surface area contributed by atoms with Crippen LogP contribution >= 0.6 is 12.2 Å². The fraction of sp³-hybridized carbons (Fsp3) is 0.423. The van der Waals surface area contributed by atoms with E-state index in [1.54, 1.807) is 0 Å². The minimum absolute atomic E-state index is 0.0560. The Kier molecular flexibility index (Phi) is 5.96. The maximum Gasteiger partial charge on any atom is 0.170 e. The molecule has 166 valence electrons. The number of thiocarbonyl (C=S) groups is 1. The van der Waals surface area contributed by atoms with E-state index in [2.05, 4.69) is 63.9 Å². The van der Waals surface area contributed by atoms with Gasteiger partial charge in [-0.15, -0.1) is 0 Å². The third-order valence-corrected chi connectivity index (χ3v) is 7.45. The van der Waals surface area contributed by atoms with E-state index < -0.39 is 0 Å². The Bertz CT molecular complexity index is 1070.